The van der Waals surface area contributed by atoms with Crippen LogP contribution in [-0.2, 0) is 12.6 Å². The lowest BCUT2D eigenvalue weighted by atomic mass is 10.3. The number of alkyl halides is 3. The molecule has 3 aromatic rings. The second kappa shape index (κ2) is 5.86. The average molecular weight is 321 g/mol. The van der Waals surface area contributed by atoms with Crippen LogP contribution in [0.3, 0.4) is 0 Å². The van der Waals surface area contributed by atoms with E-state index in [4.69, 9.17) is 0 Å². The fraction of sp³-hybridized carbons (Fsp3) is 0.267. The van der Waals surface area contributed by atoms with Gasteiger partial charge >= 0.3 is 6.18 Å². The molecule has 0 radical (unpaired) electrons. The summed E-state index contributed by atoms with van der Waals surface area (Å²) in [5.74, 6) is 0.800. The average Bonchev–Trinajstić information content (AvgIpc) is 2.93. The van der Waals surface area contributed by atoms with Crippen molar-refractivity contribution in [3.05, 3.63) is 47.7 Å². The Morgan fingerprint density at radius 2 is 1.96 bits per heavy atom. The number of aryl methyl sites for hydroxylation is 1. The summed E-state index contributed by atoms with van der Waals surface area (Å²) in [4.78, 5) is 15.0. The third-order valence-corrected chi connectivity index (χ3v) is 3.26. The summed E-state index contributed by atoms with van der Waals surface area (Å²) >= 11 is 0. The lowest BCUT2D eigenvalue weighted by Gasteiger charge is -2.09. The second-order valence-corrected chi connectivity index (χ2v) is 5.10. The number of aromatic amines is 1. The summed E-state index contributed by atoms with van der Waals surface area (Å²) in [7, 11) is 0. The molecule has 0 saturated heterocycles. The standard InChI is InChI=1S/C15H14F3N5/c1-9-8-11(15(16,17)18)22-13(21-9)5-7-19-12-3-2-10-4-6-20-14(10)23-12/h2-4,6,8H,5,7H2,1H3,(H2,19,20,23). The first-order valence-electron chi connectivity index (χ1n) is 7.01. The quantitative estimate of drug-likeness (QED) is 0.773. The van der Waals surface area contributed by atoms with E-state index in [1.807, 2.05) is 18.2 Å². The molecule has 0 aromatic carbocycles. The van der Waals surface area contributed by atoms with Gasteiger partial charge in [-0.3, -0.25) is 0 Å². The number of rotatable bonds is 4. The van der Waals surface area contributed by atoms with Crippen molar-refractivity contribution >= 4 is 16.9 Å². The van der Waals surface area contributed by atoms with Gasteiger partial charge in [0.05, 0.1) is 0 Å². The van der Waals surface area contributed by atoms with Crippen LogP contribution < -0.4 is 5.32 Å². The van der Waals surface area contributed by atoms with Crippen LogP contribution in [0.2, 0.25) is 0 Å². The Bertz CT molecular complexity index is 825. The molecule has 0 unspecified atom stereocenters. The Balaban J connectivity index is 1.67. The van der Waals surface area contributed by atoms with Crippen molar-refractivity contribution in [2.75, 3.05) is 11.9 Å². The lowest BCUT2D eigenvalue weighted by Crippen LogP contribution is -2.14. The molecule has 0 fully saturated rings. The van der Waals surface area contributed by atoms with Gasteiger partial charge in [-0.2, -0.15) is 13.2 Å². The molecular formula is C15H14F3N5. The van der Waals surface area contributed by atoms with Crippen LogP contribution >= 0.6 is 0 Å². The molecule has 23 heavy (non-hydrogen) atoms. The Labute approximate surface area is 130 Å². The van der Waals surface area contributed by atoms with E-state index < -0.39 is 11.9 Å². The first kappa shape index (κ1) is 15.3. The van der Waals surface area contributed by atoms with Crippen molar-refractivity contribution in [3.63, 3.8) is 0 Å². The third-order valence-electron chi connectivity index (χ3n) is 3.26. The van der Waals surface area contributed by atoms with Crippen LogP contribution in [0, 0.1) is 6.92 Å². The van der Waals surface area contributed by atoms with E-state index in [1.54, 1.807) is 6.20 Å². The molecule has 0 aliphatic heterocycles. The number of nitrogens with zero attached hydrogens (tertiary/aromatic N) is 3. The summed E-state index contributed by atoms with van der Waals surface area (Å²) in [6, 6.07) is 6.57. The van der Waals surface area contributed by atoms with Gasteiger partial charge in [-0.25, -0.2) is 15.0 Å². The van der Waals surface area contributed by atoms with Crippen LogP contribution in [0.15, 0.2) is 30.5 Å². The highest BCUT2D eigenvalue weighted by Crippen LogP contribution is 2.27. The number of halogens is 3. The van der Waals surface area contributed by atoms with Gasteiger partial charge in [0, 0.05) is 30.2 Å². The predicted molar refractivity (Wildman–Crippen MR) is 80.1 cm³/mol. The zero-order chi connectivity index (χ0) is 16.4. The highest BCUT2D eigenvalue weighted by Gasteiger charge is 2.33. The molecular weight excluding hydrogens is 307 g/mol. The number of hydrogen-bond acceptors (Lipinski definition) is 4. The van der Waals surface area contributed by atoms with Crippen molar-refractivity contribution < 1.29 is 13.2 Å². The van der Waals surface area contributed by atoms with Gasteiger partial charge in [-0.05, 0) is 31.2 Å². The SMILES string of the molecule is Cc1cc(C(F)(F)F)nc(CCNc2ccc3cc[nH]c3n2)n1. The minimum atomic E-state index is -4.46. The van der Waals surface area contributed by atoms with E-state index in [0.717, 1.165) is 17.1 Å². The molecule has 2 N–H and O–H groups in total. The largest absolute Gasteiger partial charge is 0.433 e. The highest BCUT2D eigenvalue weighted by molar-refractivity contribution is 5.77. The van der Waals surface area contributed by atoms with E-state index in [1.165, 1.54) is 6.92 Å². The lowest BCUT2D eigenvalue weighted by molar-refractivity contribution is -0.141. The molecule has 0 spiro atoms. The highest BCUT2D eigenvalue weighted by atomic mass is 19.4. The van der Waals surface area contributed by atoms with Crippen LogP contribution in [0.5, 0.6) is 0 Å². The minimum Gasteiger partial charge on any atom is -0.370 e. The van der Waals surface area contributed by atoms with Gasteiger partial charge in [-0.1, -0.05) is 0 Å². The van der Waals surface area contributed by atoms with E-state index >= 15 is 0 Å². The minimum absolute atomic E-state index is 0.158. The monoisotopic (exact) mass is 321 g/mol. The molecule has 3 rings (SSSR count). The number of anilines is 1. The van der Waals surface area contributed by atoms with Crippen LogP contribution in [-0.4, -0.2) is 26.5 Å². The van der Waals surface area contributed by atoms with Crippen molar-refractivity contribution in [3.8, 4) is 0 Å². The predicted octanol–water partition coefficient (Wildman–Crippen LogP) is 3.33. The summed E-state index contributed by atoms with van der Waals surface area (Å²) in [6.07, 6.45) is -2.40. The Morgan fingerprint density at radius 1 is 1.13 bits per heavy atom. The molecule has 8 heteroatoms. The summed E-state index contributed by atoms with van der Waals surface area (Å²) in [5, 5.41) is 4.05. The van der Waals surface area contributed by atoms with Gasteiger partial charge < -0.3 is 10.3 Å². The molecule has 0 saturated carbocycles. The molecule has 0 amide bonds. The number of pyridine rings is 1. The summed E-state index contributed by atoms with van der Waals surface area (Å²) < 4.78 is 38.2. The van der Waals surface area contributed by atoms with Crippen LogP contribution in [0.4, 0.5) is 19.0 Å². The normalized spacial score (nSPS) is 11.8. The van der Waals surface area contributed by atoms with E-state index in [0.29, 0.717) is 18.1 Å². The van der Waals surface area contributed by atoms with Gasteiger partial charge in [0.1, 0.15) is 23.0 Å². The topological polar surface area (TPSA) is 66.5 Å². The Morgan fingerprint density at radius 3 is 2.74 bits per heavy atom. The fourth-order valence-electron chi connectivity index (χ4n) is 2.22. The van der Waals surface area contributed by atoms with Crippen molar-refractivity contribution in [1.29, 1.82) is 0 Å². The van der Waals surface area contributed by atoms with Gasteiger partial charge in [-0.15, -0.1) is 0 Å². The molecule has 0 aliphatic rings. The molecule has 5 nitrogen and oxygen atoms in total. The van der Waals surface area contributed by atoms with Gasteiger partial charge in [0.15, 0.2) is 0 Å². The van der Waals surface area contributed by atoms with Crippen molar-refractivity contribution in [2.45, 2.75) is 19.5 Å². The van der Waals surface area contributed by atoms with Gasteiger partial charge in [0.25, 0.3) is 0 Å². The van der Waals surface area contributed by atoms with E-state index in [9.17, 15) is 13.2 Å². The summed E-state index contributed by atoms with van der Waals surface area (Å²) in [6.45, 7) is 1.91. The van der Waals surface area contributed by atoms with E-state index in [-0.39, 0.29) is 12.2 Å². The smallest absolute Gasteiger partial charge is 0.370 e. The van der Waals surface area contributed by atoms with Gasteiger partial charge in [0.2, 0.25) is 0 Å². The number of fused-ring (bicyclic) bond motifs is 1. The van der Waals surface area contributed by atoms with Crippen LogP contribution in [0.1, 0.15) is 17.2 Å². The number of hydrogen-bond donors (Lipinski definition) is 2. The molecule has 3 heterocycles. The molecule has 0 aliphatic carbocycles. The Kier molecular flexibility index (Phi) is 3.89. The maximum atomic E-state index is 12.7. The number of aromatic nitrogens is 4. The fourth-order valence-corrected chi connectivity index (χ4v) is 2.22. The third kappa shape index (κ3) is 3.58. The first-order chi connectivity index (χ1) is 10.9. The zero-order valence-electron chi connectivity index (χ0n) is 12.3. The molecule has 120 valence electrons. The maximum Gasteiger partial charge on any atom is 0.433 e. The molecule has 3 aromatic heterocycles. The maximum absolute atomic E-state index is 12.7. The van der Waals surface area contributed by atoms with Crippen LogP contribution in [0.25, 0.3) is 11.0 Å². The second-order valence-electron chi connectivity index (χ2n) is 5.10. The van der Waals surface area contributed by atoms with Crippen molar-refractivity contribution in [1.82, 2.24) is 19.9 Å². The molecule has 0 bridgehead atoms. The van der Waals surface area contributed by atoms with Crippen molar-refractivity contribution in [2.24, 2.45) is 0 Å². The number of nitrogens with one attached hydrogen (secondary N) is 2. The first-order valence-corrected chi connectivity index (χ1v) is 7.01. The zero-order valence-corrected chi connectivity index (χ0v) is 12.3. The number of H-pyrrole nitrogens is 1. The van der Waals surface area contributed by atoms with E-state index in [2.05, 4.69) is 25.3 Å². The Hall–Kier alpha value is -2.64. The summed E-state index contributed by atoms with van der Waals surface area (Å²) in [5.41, 5.74) is 0.139. The molecule has 0 atom stereocenters.